The fourth-order valence-corrected chi connectivity index (χ4v) is 1.58. The number of methoxy groups -OCH3 is 1. The Morgan fingerprint density at radius 3 is 3.06 bits per heavy atom. The third-order valence-electron chi connectivity index (χ3n) is 1.90. The number of hydrogen-bond donors (Lipinski definition) is 1. The minimum absolute atomic E-state index is 0.284. The summed E-state index contributed by atoms with van der Waals surface area (Å²) < 4.78 is 5.48. The molecule has 0 aliphatic rings. The Hall–Kier alpha value is -1.38. The Balaban J connectivity index is 2.92. The van der Waals surface area contributed by atoms with Crippen LogP contribution < -0.4 is 5.32 Å². The van der Waals surface area contributed by atoms with Crippen molar-refractivity contribution in [1.29, 1.82) is 0 Å². The van der Waals surface area contributed by atoms with Crippen molar-refractivity contribution >= 4 is 21.9 Å². The van der Waals surface area contributed by atoms with Crippen molar-refractivity contribution < 1.29 is 9.53 Å². The van der Waals surface area contributed by atoms with Gasteiger partial charge in [0.25, 0.3) is 0 Å². The number of nitrogens with zero attached hydrogens (tertiary/aromatic N) is 1. The number of hydrogen-bond acceptors (Lipinski definition) is 4. The largest absolute Gasteiger partial charge is 0.468 e. The van der Waals surface area contributed by atoms with E-state index in [1.807, 2.05) is 0 Å². The maximum Gasteiger partial charge on any atom is 0.327 e. The lowest BCUT2D eigenvalue weighted by molar-refractivity contribution is -0.143. The molecule has 0 aliphatic heterocycles. The third kappa shape index (κ3) is 3.33. The van der Waals surface area contributed by atoms with E-state index in [0.717, 1.165) is 4.47 Å². The first kappa shape index (κ1) is 12.7. The summed E-state index contributed by atoms with van der Waals surface area (Å²) in [6.45, 7) is 0.284. The molecule has 0 bridgehead atoms. The van der Waals surface area contributed by atoms with Gasteiger partial charge in [0.05, 0.1) is 13.7 Å². The molecule has 0 aromatic carbocycles. The second-order valence-electron chi connectivity index (χ2n) is 2.98. The second kappa shape index (κ2) is 6.26. The van der Waals surface area contributed by atoms with E-state index in [9.17, 15) is 4.79 Å². The quantitative estimate of drug-likeness (QED) is 0.668. The minimum Gasteiger partial charge on any atom is -0.468 e. The van der Waals surface area contributed by atoms with Gasteiger partial charge in [-0.1, -0.05) is 5.92 Å². The summed E-state index contributed by atoms with van der Waals surface area (Å²) in [5, 5.41) is 2.89. The molecule has 5 heteroatoms. The first-order valence-corrected chi connectivity index (χ1v) is 5.33. The van der Waals surface area contributed by atoms with Gasteiger partial charge in [0, 0.05) is 16.9 Å². The zero-order valence-corrected chi connectivity index (χ0v) is 10.3. The van der Waals surface area contributed by atoms with E-state index in [2.05, 4.69) is 32.2 Å². The minimum atomic E-state index is -0.592. The molecule has 0 fully saturated rings. The molecule has 1 atom stereocenters. The summed E-state index contributed by atoms with van der Waals surface area (Å²) in [6.07, 6.45) is 8.37. The Labute approximate surface area is 103 Å². The summed E-state index contributed by atoms with van der Waals surface area (Å²) in [5.74, 6) is 2.02. The van der Waals surface area contributed by atoms with Crippen LogP contribution in [0.2, 0.25) is 0 Å². The average molecular weight is 283 g/mol. The van der Waals surface area contributed by atoms with Crippen LogP contribution in [-0.2, 0) is 9.53 Å². The number of halogens is 1. The number of carbonyl (C=O) groups excluding carboxylic acids is 1. The molecule has 0 amide bonds. The second-order valence-corrected chi connectivity index (χ2v) is 3.89. The van der Waals surface area contributed by atoms with Crippen molar-refractivity contribution in [2.24, 2.45) is 0 Å². The molecule has 1 aromatic heterocycles. The molecule has 1 aromatic rings. The van der Waals surface area contributed by atoms with Gasteiger partial charge in [0.2, 0.25) is 0 Å². The van der Waals surface area contributed by atoms with Gasteiger partial charge in [-0.05, 0) is 27.6 Å². The maximum absolute atomic E-state index is 11.5. The van der Waals surface area contributed by atoms with Gasteiger partial charge in [-0.25, -0.2) is 4.79 Å². The predicted molar refractivity (Wildman–Crippen MR) is 63.5 cm³/mol. The Morgan fingerprint density at radius 1 is 1.75 bits per heavy atom. The topological polar surface area (TPSA) is 51.2 Å². The van der Waals surface area contributed by atoms with E-state index < -0.39 is 12.0 Å². The van der Waals surface area contributed by atoms with Crippen LogP contribution in [0.3, 0.4) is 0 Å². The summed E-state index contributed by atoms with van der Waals surface area (Å²) in [4.78, 5) is 15.5. The number of rotatable bonds is 4. The molecule has 84 valence electrons. The normalized spacial score (nSPS) is 11.6. The Kier molecular flexibility index (Phi) is 4.96. The smallest absolute Gasteiger partial charge is 0.327 e. The highest BCUT2D eigenvalue weighted by Gasteiger charge is 2.20. The third-order valence-corrected chi connectivity index (χ3v) is 2.34. The van der Waals surface area contributed by atoms with Gasteiger partial charge in [-0.2, -0.15) is 0 Å². The van der Waals surface area contributed by atoms with E-state index in [1.54, 1.807) is 18.5 Å². The van der Waals surface area contributed by atoms with Gasteiger partial charge in [0.15, 0.2) is 0 Å². The number of carbonyl (C=O) groups is 1. The molecule has 1 unspecified atom stereocenters. The van der Waals surface area contributed by atoms with Crippen LogP contribution in [-0.4, -0.2) is 24.6 Å². The van der Waals surface area contributed by atoms with Gasteiger partial charge in [-0.3, -0.25) is 10.3 Å². The number of nitrogens with one attached hydrogen (secondary N) is 1. The number of ether oxygens (including phenoxy) is 1. The van der Waals surface area contributed by atoms with Crippen molar-refractivity contribution in [3.05, 3.63) is 28.5 Å². The summed E-state index contributed by atoms with van der Waals surface area (Å²) in [5.41, 5.74) is 0.705. The first-order chi connectivity index (χ1) is 7.69. The van der Waals surface area contributed by atoms with E-state index in [0.29, 0.717) is 5.56 Å². The van der Waals surface area contributed by atoms with Crippen LogP contribution in [0.1, 0.15) is 11.6 Å². The summed E-state index contributed by atoms with van der Waals surface area (Å²) >= 11 is 3.29. The molecule has 0 radical (unpaired) electrons. The van der Waals surface area contributed by atoms with Crippen LogP contribution in [0.25, 0.3) is 0 Å². The van der Waals surface area contributed by atoms with Crippen molar-refractivity contribution in [2.75, 3.05) is 13.7 Å². The molecule has 1 rings (SSSR count). The highest BCUT2D eigenvalue weighted by Crippen LogP contribution is 2.17. The van der Waals surface area contributed by atoms with Crippen LogP contribution in [0.5, 0.6) is 0 Å². The van der Waals surface area contributed by atoms with E-state index in [-0.39, 0.29) is 6.54 Å². The fourth-order valence-electron chi connectivity index (χ4n) is 1.20. The van der Waals surface area contributed by atoms with Gasteiger partial charge in [-0.15, -0.1) is 6.42 Å². The lowest BCUT2D eigenvalue weighted by Crippen LogP contribution is -2.30. The monoisotopic (exact) mass is 282 g/mol. The van der Waals surface area contributed by atoms with E-state index >= 15 is 0 Å². The van der Waals surface area contributed by atoms with E-state index in [4.69, 9.17) is 11.2 Å². The molecule has 4 nitrogen and oxygen atoms in total. The fraction of sp³-hybridized carbons (Fsp3) is 0.273. The SMILES string of the molecule is C#CCNC(C(=O)OC)c1cncc(Br)c1. The number of esters is 1. The number of terminal acetylenes is 1. The molecule has 0 aliphatic carbocycles. The summed E-state index contributed by atoms with van der Waals surface area (Å²) in [6, 6.07) is 1.20. The van der Waals surface area contributed by atoms with Crippen molar-refractivity contribution in [1.82, 2.24) is 10.3 Å². The van der Waals surface area contributed by atoms with Crippen molar-refractivity contribution in [3.8, 4) is 12.3 Å². The zero-order chi connectivity index (χ0) is 12.0. The van der Waals surface area contributed by atoms with E-state index in [1.165, 1.54) is 7.11 Å². The van der Waals surface area contributed by atoms with Crippen LogP contribution in [0, 0.1) is 12.3 Å². The average Bonchev–Trinajstić information content (AvgIpc) is 2.29. The molecular weight excluding hydrogens is 272 g/mol. The lowest BCUT2D eigenvalue weighted by atomic mass is 10.1. The van der Waals surface area contributed by atoms with Gasteiger partial charge < -0.3 is 4.74 Å². The van der Waals surface area contributed by atoms with Crippen LogP contribution in [0.15, 0.2) is 22.9 Å². The molecule has 1 N–H and O–H groups in total. The Morgan fingerprint density at radius 2 is 2.50 bits per heavy atom. The van der Waals surface area contributed by atoms with Crippen LogP contribution in [0.4, 0.5) is 0 Å². The highest BCUT2D eigenvalue weighted by atomic mass is 79.9. The molecular formula is C11H11BrN2O2. The molecule has 0 saturated heterocycles. The van der Waals surface area contributed by atoms with Gasteiger partial charge >= 0.3 is 5.97 Å². The highest BCUT2D eigenvalue weighted by molar-refractivity contribution is 9.10. The first-order valence-electron chi connectivity index (χ1n) is 4.54. The van der Waals surface area contributed by atoms with Gasteiger partial charge in [0.1, 0.15) is 6.04 Å². The molecule has 0 saturated carbocycles. The maximum atomic E-state index is 11.5. The summed E-state index contributed by atoms with van der Waals surface area (Å²) in [7, 11) is 1.33. The lowest BCUT2D eigenvalue weighted by Gasteiger charge is -2.14. The number of aromatic nitrogens is 1. The molecule has 0 spiro atoms. The Bertz CT molecular complexity index is 415. The standard InChI is InChI=1S/C11H11BrN2O2/c1-3-4-14-10(11(15)16-2)8-5-9(12)7-13-6-8/h1,5-7,10,14H,4H2,2H3. The number of pyridine rings is 1. The zero-order valence-electron chi connectivity index (χ0n) is 8.74. The van der Waals surface area contributed by atoms with Crippen molar-refractivity contribution in [2.45, 2.75) is 6.04 Å². The molecule has 16 heavy (non-hydrogen) atoms. The van der Waals surface area contributed by atoms with Crippen molar-refractivity contribution in [3.63, 3.8) is 0 Å². The predicted octanol–water partition coefficient (Wildman–Crippen LogP) is 1.28. The van der Waals surface area contributed by atoms with Crippen LogP contribution >= 0.6 is 15.9 Å². The molecule has 1 heterocycles.